The van der Waals surface area contributed by atoms with Gasteiger partial charge in [-0.05, 0) is 171 Å². The molecule has 1 aliphatic rings. The van der Waals surface area contributed by atoms with E-state index in [9.17, 15) is 0 Å². The van der Waals surface area contributed by atoms with Crippen LogP contribution in [0.3, 0.4) is 0 Å². The second kappa shape index (κ2) is 17.6. The summed E-state index contributed by atoms with van der Waals surface area (Å²) in [6.07, 6.45) is 7.79. The molecule has 1 aliphatic heterocycles. The monoisotopic (exact) mass is 1020 g/mol. The molecule has 8 bridgehead atoms. The molecule has 5 heterocycles. The minimum Gasteiger partial charge on any atom is -0.354 e. The van der Waals surface area contributed by atoms with E-state index in [1.54, 1.807) is 0 Å². The minimum absolute atomic E-state index is 0.0861. The van der Waals surface area contributed by atoms with Crippen molar-refractivity contribution in [2.75, 3.05) is 0 Å². The lowest BCUT2D eigenvalue weighted by Gasteiger charge is -2.26. The SMILES string of the molecule is CCCCc1ccc2ccc3ccc4c5c6ccc([nH]6)c(-c6cc(C(C)(C)C)cc(C(C)(C)C)c6)c6nc(c(-c7ccccc7)c7ccc([nH]7)c(-c7cc(C(C)(C)C)cc(C(C)(C)C)c7)c7cc(c8cc1c2c3c84)c5n7)C=C6. The molecule has 0 unspecified atom stereocenters. The van der Waals surface area contributed by atoms with Crippen molar-refractivity contribution in [3.63, 3.8) is 0 Å². The number of nitrogens with one attached hydrogen (secondary N) is 2. The van der Waals surface area contributed by atoms with E-state index in [1.807, 2.05) is 0 Å². The first-order valence-electron chi connectivity index (χ1n) is 28.4. The second-order valence-corrected chi connectivity index (χ2v) is 26.7. The summed E-state index contributed by atoms with van der Waals surface area (Å²) in [7, 11) is 0. The van der Waals surface area contributed by atoms with Crippen LogP contribution in [-0.2, 0) is 28.1 Å². The van der Waals surface area contributed by atoms with E-state index in [-0.39, 0.29) is 21.7 Å². The van der Waals surface area contributed by atoms with Crippen molar-refractivity contribution in [1.29, 1.82) is 0 Å². The maximum absolute atomic E-state index is 6.03. The quantitative estimate of drug-likeness (QED) is 0.129. The van der Waals surface area contributed by atoms with Gasteiger partial charge in [0.25, 0.3) is 0 Å². The summed E-state index contributed by atoms with van der Waals surface area (Å²) >= 11 is 0. The second-order valence-electron chi connectivity index (χ2n) is 26.7. The van der Waals surface area contributed by atoms with Gasteiger partial charge in [0.05, 0.1) is 22.4 Å². The fraction of sp³-hybridized carbons (Fsp3) is 0.270. The number of H-pyrrole nitrogens is 2. The molecular formula is C74H72N4. The number of aromatic nitrogens is 4. The van der Waals surface area contributed by atoms with Gasteiger partial charge in [0.2, 0.25) is 0 Å². The number of rotatable bonds is 6. The van der Waals surface area contributed by atoms with E-state index in [2.05, 4.69) is 252 Å². The van der Waals surface area contributed by atoms with Crippen LogP contribution in [0.5, 0.6) is 0 Å². The van der Waals surface area contributed by atoms with Gasteiger partial charge in [0.15, 0.2) is 0 Å². The van der Waals surface area contributed by atoms with E-state index in [1.165, 1.54) is 70.9 Å². The Hall–Kier alpha value is -7.82. The predicted octanol–water partition coefficient (Wildman–Crippen LogP) is 20.9. The largest absolute Gasteiger partial charge is 0.354 e. The molecule has 0 saturated carbocycles. The molecule has 0 saturated heterocycles. The van der Waals surface area contributed by atoms with Gasteiger partial charge in [-0.15, -0.1) is 0 Å². The van der Waals surface area contributed by atoms with E-state index >= 15 is 0 Å². The molecule has 8 aromatic carbocycles. The van der Waals surface area contributed by atoms with Crippen molar-refractivity contribution >= 4 is 99.1 Å². The van der Waals surface area contributed by atoms with Crippen molar-refractivity contribution in [2.24, 2.45) is 0 Å². The number of hydrogen-bond donors (Lipinski definition) is 2. The van der Waals surface area contributed by atoms with Gasteiger partial charge in [-0.2, -0.15) is 0 Å². The highest BCUT2D eigenvalue weighted by molar-refractivity contribution is 6.40. The lowest BCUT2D eigenvalue weighted by molar-refractivity contribution is 0.568. The summed E-state index contributed by atoms with van der Waals surface area (Å²) in [5.41, 5.74) is 20.7. The summed E-state index contributed by atoms with van der Waals surface area (Å²) in [5.74, 6) is 0. The minimum atomic E-state index is -0.0990. The molecule has 4 aromatic heterocycles. The zero-order valence-electron chi connectivity index (χ0n) is 47.9. The Morgan fingerprint density at radius 1 is 0.385 bits per heavy atom. The Kier molecular flexibility index (Phi) is 11.2. The molecule has 0 spiro atoms. The van der Waals surface area contributed by atoms with Crippen molar-refractivity contribution in [3.8, 4) is 33.4 Å². The van der Waals surface area contributed by atoms with Crippen LogP contribution in [0.4, 0.5) is 0 Å². The number of aromatic amines is 2. The number of unbranched alkanes of at least 4 members (excludes halogenated alkanes) is 1. The summed E-state index contributed by atoms with van der Waals surface area (Å²) in [6.45, 7) is 30.2. The summed E-state index contributed by atoms with van der Waals surface area (Å²) in [6, 6.07) is 53.5. The normalized spacial score (nSPS) is 13.3. The van der Waals surface area contributed by atoms with E-state index in [0.717, 1.165) is 108 Å². The van der Waals surface area contributed by atoms with Gasteiger partial charge in [0.1, 0.15) is 0 Å². The molecule has 78 heavy (non-hydrogen) atoms. The molecule has 4 nitrogen and oxygen atoms in total. The lowest BCUT2D eigenvalue weighted by Crippen LogP contribution is -2.16. The Labute approximate surface area is 459 Å². The highest BCUT2D eigenvalue weighted by atomic mass is 14.8. The third kappa shape index (κ3) is 8.16. The van der Waals surface area contributed by atoms with Gasteiger partial charge >= 0.3 is 0 Å². The number of benzene rings is 8. The zero-order valence-corrected chi connectivity index (χ0v) is 47.9. The van der Waals surface area contributed by atoms with Crippen LogP contribution < -0.4 is 0 Å². The Morgan fingerprint density at radius 2 is 0.885 bits per heavy atom. The number of hydrogen-bond acceptors (Lipinski definition) is 2. The Morgan fingerprint density at radius 3 is 1.46 bits per heavy atom. The molecule has 2 N–H and O–H groups in total. The first kappa shape index (κ1) is 49.7. The smallest absolute Gasteiger partial charge is 0.0816 e. The van der Waals surface area contributed by atoms with E-state index in [0.29, 0.717) is 0 Å². The maximum Gasteiger partial charge on any atom is 0.0816 e. The van der Waals surface area contributed by atoms with Gasteiger partial charge in [0, 0.05) is 49.5 Å². The molecule has 0 amide bonds. The van der Waals surface area contributed by atoms with E-state index < -0.39 is 0 Å². The average molecular weight is 1020 g/mol. The van der Waals surface area contributed by atoms with Crippen LogP contribution in [0, 0.1) is 0 Å². The first-order chi connectivity index (χ1) is 37.1. The van der Waals surface area contributed by atoms with Crippen molar-refractivity contribution in [3.05, 3.63) is 179 Å². The predicted molar refractivity (Wildman–Crippen MR) is 338 cm³/mol. The Bertz CT molecular complexity index is 4480. The standard InChI is InChI=1S/C74H72N4/c1-14-15-19-42-22-23-44-24-25-45-26-27-52-68-54(40-53(42)63(44)67(45)68)55-41-62-66(47-36-50(73(8,9)10)39-51(37-47)74(11,12)13)60-31-29-57(76-60)64(43-20-17-16-18-21-43)56-28-30-58(75-56)65(59-32-33-61(77-59)69(52)70(55)78-62)46-34-48(71(2,3)4)38-49(35-46)72(5,6)7/h16-18,20-41,76-77H,14-15,19H2,1-13H3. The van der Waals surface area contributed by atoms with Crippen LogP contribution in [0.1, 0.15) is 142 Å². The van der Waals surface area contributed by atoms with Gasteiger partial charge < -0.3 is 9.97 Å². The molecule has 0 atom stereocenters. The maximum atomic E-state index is 6.03. The van der Waals surface area contributed by atoms with Crippen LogP contribution in [0.25, 0.3) is 132 Å². The Balaban J connectivity index is 1.29. The molecule has 0 radical (unpaired) electrons. The topological polar surface area (TPSA) is 57.4 Å². The van der Waals surface area contributed by atoms with E-state index in [4.69, 9.17) is 9.97 Å². The number of fused-ring (bicyclic) bond motifs is 10. The molecule has 4 heteroatoms. The van der Waals surface area contributed by atoms with Gasteiger partial charge in [-0.3, -0.25) is 0 Å². The van der Waals surface area contributed by atoms with Gasteiger partial charge in [-0.25, -0.2) is 9.97 Å². The third-order valence-corrected chi connectivity index (χ3v) is 17.0. The third-order valence-electron chi connectivity index (χ3n) is 17.0. The highest BCUT2D eigenvalue weighted by Gasteiger charge is 2.27. The molecule has 388 valence electrons. The molecule has 12 aromatic rings. The van der Waals surface area contributed by atoms with Crippen LogP contribution >= 0.6 is 0 Å². The van der Waals surface area contributed by atoms with Crippen LogP contribution in [0.15, 0.2) is 140 Å². The van der Waals surface area contributed by atoms with Crippen molar-refractivity contribution < 1.29 is 0 Å². The van der Waals surface area contributed by atoms with Gasteiger partial charge in [-0.1, -0.05) is 200 Å². The average Bonchev–Trinajstić information content (AvgIpc) is 3.86. The fourth-order valence-electron chi connectivity index (χ4n) is 12.5. The molecule has 0 fully saturated rings. The number of nitrogens with zero attached hydrogens (tertiary/aromatic N) is 2. The zero-order chi connectivity index (χ0) is 54.4. The van der Waals surface area contributed by atoms with Crippen LogP contribution in [0.2, 0.25) is 0 Å². The van der Waals surface area contributed by atoms with Crippen molar-refractivity contribution in [2.45, 2.75) is 131 Å². The van der Waals surface area contributed by atoms with Crippen LogP contribution in [-0.4, -0.2) is 19.9 Å². The molecule has 0 aliphatic carbocycles. The highest BCUT2D eigenvalue weighted by Crippen LogP contribution is 2.49. The fourth-order valence-corrected chi connectivity index (χ4v) is 12.5. The summed E-state index contributed by atoms with van der Waals surface area (Å²) in [5, 5.41) is 12.6. The number of aryl methyl sites for hydroxylation is 1. The first-order valence-corrected chi connectivity index (χ1v) is 28.4. The summed E-state index contributed by atoms with van der Waals surface area (Å²) in [4.78, 5) is 20.0. The summed E-state index contributed by atoms with van der Waals surface area (Å²) < 4.78 is 0. The van der Waals surface area contributed by atoms with Crippen molar-refractivity contribution in [1.82, 2.24) is 19.9 Å². The lowest BCUT2D eigenvalue weighted by atomic mass is 9.79. The molecule has 13 rings (SSSR count). The molecular weight excluding hydrogens is 945 g/mol.